The van der Waals surface area contributed by atoms with Gasteiger partial charge >= 0.3 is 23.9 Å². The van der Waals surface area contributed by atoms with Crippen molar-refractivity contribution in [3.63, 3.8) is 0 Å². The number of carboxylic acid groups (broad SMARTS) is 3. The number of hydrogen-bond acceptors (Lipinski definition) is 7. The molecule has 2 fully saturated rings. The van der Waals surface area contributed by atoms with Crippen molar-refractivity contribution in [2.75, 3.05) is 7.05 Å². The number of ether oxygens (including phenoxy) is 1. The third kappa shape index (κ3) is 15.7. The van der Waals surface area contributed by atoms with E-state index in [1.165, 1.54) is 81.8 Å². The lowest BCUT2D eigenvalue weighted by atomic mass is 9.86. The smallest absolute Gasteiger partial charge is 0.323 e. The van der Waals surface area contributed by atoms with Gasteiger partial charge in [-0.1, -0.05) is 127 Å². The van der Waals surface area contributed by atoms with Crippen molar-refractivity contribution in [3.8, 4) is 0 Å². The molecule has 2 aromatic carbocycles. The Hall–Kier alpha value is -3.90. The van der Waals surface area contributed by atoms with Crippen LogP contribution in [0.15, 0.2) is 36.4 Å². The Morgan fingerprint density at radius 3 is 1.69 bits per heavy atom. The Labute approximate surface area is 369 Å². The number of benzene rings is 2. The number of nitrogens with one attached hydrogen (secondary N) is 1. The standard InChI is InChI=1S/C25H37F2NO4.C25H39NO4/c1-3-4-5-6-7-8-9-10-11-18-12-13-19(22(27)21(18)26)17-28(2)20-14-15-25(16-20,23(29)30)24(31)32;1-4-5-6-7-8-9-10-20-11-13-21(14-12-20)18-26-22-15-16-25(17-22,23(27)28)24(29)30-19(2)3/h12-13,20H,3-11,14-17H2,1-2H3,(H,29,30)(H,31,32);11-14,19,22,26H,4-10,15-18H2,1-3H3,(H,27,28). The summed E-state index contributed by atoms with van der Waals surface area (Å²) in [6, 6.07) is 11.6. The lowest BCUT2D eigenvalue weighted by molar-refractivity contribution is -0.171. The molecule has 2 aromatic rings. The number of halogens is 2. The first-order chi connectivity index (χ1) is 29.6. The van der Waals surface area contributed by atoms with Gasteiger partial charge in [-0.05, 0) is 102 Å². The van der Waals surface area contributed by atoms with Crippen LogP contribution in [0.5, 0.6) is 0 Å². The molecule has 348 valence electrons. The third-order valence-corrected chi connectivity index (χ3v) is 13.0. The normalized spacial score (nSPS) is 19.4. The van der Waals surface area contributed by atoms with Gasteiger partial charge in [0.2, 0.25) is 0 Å². The van der Waals surface area contributed by atoms with Gasteiger partial charge in [0.1, 0.15) is 0 Å². The van der Waals surface area contributed by atoms with Gasteiger partial charge in [0.25, 0.3) is 0 Å². The molecule has 4 rings (SSSR count). The molecular formula is C50H76F2N2O8. The number of aryl methyl sites for hydroxylation is 2. The summed E-state index contributed by atoms with van der Waals surface area (Å²) in [5.41, 5.74) is -0.0778. The zero-order chi connectivity index (χ0) is 45.7. The zero-order valence-electron chi connectivity index (χ0n) is 38.3. The topological polar surface area (TPSA) is 153 Å². The highest BCUT2D eigenvalue weighted by Gasteiger charge is 2.54. The first-order valence-corrected chi connectivity index (χ1v) is 23.5. The van der Waals surface area contributed by atoms with E-state index in [2.05, 4.69) is 43.4 Å². The van der Waals surface area contributed by atoms with Crippen molar-refractivity contribution in [1.82, 2.24) is 10.2 Å². The van der Waals surface area contributed by atoms with Crippen LogP contribution >= 0.6 is 0 Å². The third-order valence-electron chi connectivity index (χ3n) is 13.0. The SMILES string of the molecule is CCCCCCCCCCc1ccc(CN(C)C2CCC(C(=O)O)(C(=O)O)C2)c(F)c1F.CCCCCCCCc1ccc(CNC2CCC(C(=O)O)(C(=O)OC(C)C)C2)cc1. The lowest BCUT2D eigenvalue weighted by Gasteiger charge is -2.26. The number of hydrogen-bond donors (Lipinski definition) is 4. The Morgan fingerprint density at radius 1 is 0.677 bits per heavy atom. The second-order valence-electron chi connectivity index (χ2n) is 18.2. The molecule has 0 amide bonds. The van der Waals surface area contributed by atoms with Crippen LogP contribution in [-0.4, -0.2) is 69.3 Å². The molecule has 0 aliphatic heterocycles. The Balaban J connectivity index is 0.000000331. The minimum atomic E-state index is -1.80. The van der Waals surface area contributed by atoms with E-state index >= 15 is 0 Å². The van der Waals surface area contributed by atoms with E-state index in [9.17, 15) is 43.3 Å². The molecule has 2 aliphatic rings. The van der Waals surface area contributed by atoms with E-state index in [0.717, 1.165) is 25.7 Å². The zero-order valence-corrected chi connectivity index (χ0v) is 38.3. The lowest BCUT2D eigenvalue weighted by Crippen LogP contribution is -2.41. The van der Waals surface area contributed by atoms with Crippen LogP contribution in [-0.2, 0) is 49.8 Å². The number of aliphatic carboxylic acids is 3. The summed E-state index contributed by atoms with van der Waals surface area (Å²) in [5, 5.41) is 31.9. The van der Waals surface area contributed by atoms with Crippen molar-refractivity contribution in [3.05, 3.63) is 70.3 Å². The minimum absolute atomic E-state index is 0.00334. The van der Waals surface area contributed by atoms with Crippen LogP contribution in [0.1, 0.15) is 178 Å². The monoisotopic (exact) mass is 871 g/mol. The van der Waals surface area contributed by atoms with Crippen molar-refractivity contribution >= 4 is 23.9 Å². The molecule has 3 atom stereocenters. The number of carboxylic acids is 3. The van der Waals surface area contributed by atoms with Crippen LogP contribution in [0.2, 0.25) is 0 Å². The van der Waals surface area contributed by atoms with Gasteiger partial charge in [0.15, 0.2) is 22.5 Å². The first-order valence-electron chi connectivity index (χ1n) is 23.5. The molecule has 0 heterocycles. The number of rotatable bonds is 27. The minimum Gasteiger partial charge on any atom is -0.480 e. The summed E-state index contributed by atoms with van der Waals surface area (Å²) in [6.45, 7) is 8.70. The Kier molecular flexibility index (Phi) is 22.6. The average Bonchev–Trinajstić information content (AvgIpc) is 3.90. The van der Waals surface area contributed by atoms with E-state index in [4.69, 9.17) is 4.74 Å². The molecule has 2 aliphatic carbocycles. The second-order valence-corrected chi connectivity index (χ2v) is 18.2. The average molecular weight is 871 g/mol. The quantitative estimate of drug-likeness (QED) is 0.0388. The van der Waals surface area contributed by atoms with E-state index in [1.807, 2.05) is 0 Å². The van der Waals surface area contributed by atoms with Crippen LogP contribution in [0.4, 0.5) is 8.78 Å². The largest absolute Gasteiger partial charge is 0.480 e. The van der Waals surface area contributed by atoms with Crippen molar-refractivity contribution in [1.29, 1.82) is 0 Å². The summed E-state index contributed by atoms with van der Waals surface area (Å²) in [5.74, 6) is -6.04. The molecule has 10 nitrogen and oxygen atoms in total. The predicted molar refractivity (Wildman–Crippen MR) is 239 cm³/mol. The molecule has 0 spiro atoms. The van der Waals surface area contributed by atoms with E-state index in [1.54, 1.807) is 37.9 Å². The first kappa shape index (κ1) is 52.4. The van der Waals surface area contributed by atoms with Crippen molar-refractivity contribution in [2.24, 2.45) is 10.8 Å². The highest BCUT2D eigenvalue weighted by molar-refractivity contribution is 6.00. The Morgan fingerprint density at radius 2 is 1.16 bits per heavy atom. The van der Waals surface area contributed by atoms with Crippen molar-refractivity contribution in [2.45, 2.75) is 200 Å². The highest BCUT2D eigenvalue weighted by atomic mass is 19.2. The van der Waals surface area contributed by atoms with Crippen LogP contribution in [0.3, 0.4) is 0 Å². The van der Waals surface area contributed by atoms with Crippen LogP contribution in [0, 0.1) is 22.5 Å². The van der Waals surface area contributed by atoms with Crippen LogP contribution in [0.25, 0.3) is 0 Å². The van der Waals surface area contributed by atoms with Gasteiger partial charge in [-0.15, -0.1) is 0 Å². The Bertz CT molecular complexity index is 1690. The maximum Gasteiger partial charge on any atom is 0.323 e. The summed E-state index contributed by atoms with van der Waals surface area (Å²) in [6.07, 6.45) is 20.0. The van der Waals surface area contributed by atoms with E-state index < -0.39 is 46.3 Å². The van der Waals surface area contributed by atoms with Gasteiger partial charge < -0.3 is 25.4 Å². The van der Waals surface area contributed by atoms with Crippen LogP contribution < -0.4 is 5.32 Å². The summed E-state index contributed by atoms with van der Waals surface area (Å²) < 4.78 is 34.5. The highest BCUT2D eigenvalue weighted by Crippen LogP contribution is 2.42. The van der Waals surface area contributed by atoms with Crippen molar-refractivity contribution < 1.29 is 48.0 Å². The second kappa shape index (κ2) is 26.7. The maximum atomic E-state index is 14.7. The summed E-state index contributed by atoms with van der Waals surface area (Å²) >= 11 is 0. The molecule has 3 unspecified atom stereocenters. The molecule has 12 heteroatoms. The van der Waals surface area contributed by atoms with Gasteiger partial charge in [-0.2, -0.15) is 0 Å². The molecular weight excluding hydrogens is 795 g/mol. The molecule has 0 aromatic heterocycles. The number of nitrogens with zero attached hydrogens (tertiary/aromatic N) is 1. The molecule has 0 saturated heterocycles. The summed E-state index contributed by atoms with van der Waals surface area (Å²) in [4.78, 5) is 49.0. The fraction of sp³-hybridized carbons (Fsp3) is 0.680. The van der Waals surface area contributed by atoms with E-state index in [-0.39, 0.29) is 49.6 Å². The predicted octanol–water partition coefficient (Wildman–Crippen LogP) is 11.0. The fourth-order valence-electron chi connectivity index (χ4n) is 8.88. The van der Waals surface area contributed by atoms with Gasteiger partial charge in [-0.3, -0.25) is 24.1 Å². The van der Waals surface area contributed by atoms with Gasteiger partial charge in [0, 0.05) is 30.7 Å². The molecule has 0 bridgehead atoms. The van der Waals surface area contributed by atoms with Gasteiger partial charge in [-0.25, -0.2) is 8.78 Å². The molecule has 2 saturated carbocycles. The number of esters is 1. The van der Waals surface area contributed by atoms with Gasteiger partial charge in [0.05, 0.1) is 6.10 Å². The molecule has 62 heavy (non-hydrogen) atoms. The molecule has 0 radical (unpaired) electrons. The summed E-state index contributed by atoms with van der Waals surface area (Å²) in [7, 11) is 1.69. The number of carbonyl (C=O) groups is 4. The van der Waals surface area contributed by atoms with E-state index in [0.29, 0.717) is 37.8 Å². The fourth-order valence-corrected chi connectivity index (χ4v) is 8.88. The molecule has 4 N–H and O–H groups in total. The number of unbranched alkanes of at least 4 members (excludes halogenated alkanes) is 12. The number of carbonyl (C=O) groups excluding carboxylic acids is 1. The maximum absolute atomic E-state index is 14.7.